The molecule has 0 unspecified atom stereocenters. The molecule has 33 heavy (non-hydrogen) atoms. The van der Waals surface area contributed by atoms with E-state index in [-0.39, 0.29) is 27.7 Å². The fraction of sp³-hybridized carbons (Fsp3) is 0. The molecular formula is C23H13Cl2N3O5. The highest BCUT2D eigenvalue weighted by Gasteiger charge is 2.16. The van der Waals surface area contributed by atoms with Crippen LogP contribution in [0.4, 0.5) is 11.4 Å². The van der Waals surface area contributed by atoms with Gasteiger partial charge in [-0.3, -0.25) is 14.9 Å². The van der Waals surface area contributed by atoms with E-state index in [4.69, 9.17) is 27.9 Å². The first kappa shape index (κ1) is 23.5. The van der Waals surface area contributed by atoms with E-state index in [0.29, 0.717) is 16.1 Å². The summed E-state index contributed by atoms with van der Waals surface area (Å²) in [6, 6.07) is 17.9. The topological polar surface area (TPSA) is 122 Å². The Hall–Kier alpha value is -4.19. The molecule has 0 saturated carbocycles. The minimum absolute atomic E-state index is 0.0842. The van der Waals surface area contributed by atoms with Gasteiger partial charge in [0, 0.05) is 16.8 Å². The normalized spacial score (nSPS) is 10.8. The zero-order chi connectivity index (χ0) is 24.0. The van der Waals surface area contributed by atoms with Gasteiger partial charge in [0.25, 0.3) is 11.6 Å². The number of nitrogens with one attached hydrogen (secondary N) is 1. The molecule has 0 heterocycles. The quantitative estimate of drug-likeness (QED) is 0.121. The summed E-state index contributed by atoms with van der Waals surface area (Å²) in [6.07, 6.45) is 1.29. The summed E-state index contributed by atoms with van der Waals surface area (Å²) in [5.41, 5.74) is 0.170. The van der Waals surface area contributed by atoms with Crippen LogP contribution in [0, 0.1) is 21.4 Å². The highest BCUT2D eigenvalue weighted by Crippen LogP contribution is 2.27. The van der Waals surface area contributed by atoms with Crippen molar-refractivity contribution in [1.82, 2.24) is 0 Å². The number of halogens is 2. The van der Waals surface area contributed by atoms with Gasteiger partial charge >= 0.3 is 5.97 Å². The van der Waals surface area contributed by atoms with Crippen molar-refractivity contribution >= 4 is 52.5 Å². The average Bonchev–Trinajstić information content (AvgIpc) is 2.79. The number of nitro benzene ring substituents is 1. The third-order valence-corrected chi connectivity index (χ3v) is 4.80. The maximum absolute atomic E-state index is 12.5. The molecule has 0 saturated heterocycles. The summed E-state index contributed by atoms with van der Waals surface area (Å²) in [6.45, 7) is 0. The fourth-order valence-corrected chi connectivity index (χ4v) is 2.98. The van der Waals surface area contributed by atoms with Crippen LogP contribution in [0.5, 0.6) is 5.75 Å². The third-order valence-electron chi connectivity index (χ3n) is 4.23. The number of hydrogen-bond donors (Lipinski definition) is 1. The lowest BCUT2D eigenvalue weighted by molar-refractivity contribution is -0.384. The molecule has 3 rings (SSSR count). The standard InChI is InChI=1S/C23H13Cl2N3O5/c24-17-6-4-15(5-7-17)23(30)33-19-3-1-2-14(11-19)10-16(13-26)22(29)27-18-8-9-20(25)21(12-18)28(31)32/h1-12H,(H,27,29)/b16-10+. The second-order valence-electron chi connectivity index (χ2n) is 6.52. The van der Waals surface area contributed by atoms with Crippen molar-refractivity contribution in [3.8, 4) is 11.8 Å². The number of esters is 1. The molecule has 0 bridgehead atoms. The first-order valence-electron chi connectivity index (χ1n) is 9.21. The number of rotatable bonds is 6. The number of nitro groups is 1. The molecule has 1 amide bonds. The summed E-state index contributed by atoms with van der Waals surface area (Å²) < 4.78 is 5.33. The Morgan fingerprint density at radius 1 is 1.06 bits per heavy atom. The molecule has 0 aliphatic heterocycles. The summed E-state index contributed by atoms with van der Waals surface area (Å²) in [7, 11) is 0. The molecule has 0 spiro atoms. The zero-order valence-electron chi connectivity index (χ0n) is 16.6. The summed E-state index contributed by atoms with van der Waals surface area (Å²) in [5.74, 6) is -1.18. The van der Waals surface area contributed by atoms with E-state index < -0.39 is 16.8 Å². The molecule has 10 heteroatoms. The smallest absolute Gasteiger partial charge is 0.343 e. The predicted octanol–water partition coefficient (Wildman–Crippen LogP) is 5.67. The fourth-order valence-electron chi connectivity index (χ4n) is 2.66. The number of amides is 1. The molecule has 0 radical (unpaired) electrons. The van der Waals surface area contributed by atoms with Crippen LogP contribution in [0.1, 0.15) is 15.9 Å². The Kier molecular flexibility index (Phi) is 7.41. The van der Waals surface area contributed by atoms with Gasteiger partial charge in [-0.05, 0) is 60.2 Å². The summed E-state index contributed by atoms with van der Waals surface area (Å²) in [5, 5.41) is 23.2. The van der Waals surface area contributed by atoms with Crippen molar-refractivity contribution in [2.24, 2.45) is 0 Å². The maximum atomic E-state index is 12.5. The van der Waals surface area contributed by atoms with Crippen LogP contribution in [0.3, 0.4) is 0 Å². The van der Waals surface area contributed by atoms with Crippen LogP contribution in [0.15, 0.2) is 72.3 Å². The molecule has 3 aromatic rings. The number of ether oxygens (including phenoxy) is 1. The van der Waals surface area contributed by atoms with E-state index in [9.17, 15) is 25.0 Å². The number of carbonyl (C=O) groups excluding carboxylic acids is 2. The predicted molar refractivity (Wildman–Crippen MR) is 123 cm³/mol. The number of nitriles is 1. The highest BCUT2D eigenvalue weighted by molar-refractivity contribution is 6.32. The third kappa shape index (κ3) is 6.17. The van der Waals surface area contributed by atoms with Crippen LogP contribution >= 0.6 is 23.2 Å². The average molecular weight is 482 g/mol. The van der Waals surface area contributed by atoms with Gasteiger partial charge in [-0.25, -0.2) is 4.79 Å². The largest absolute Gasteiger partial charge is 0.423 e. The minimum Gasteiger partial charge on any atom is -0.423 e. The SMILES string of the molecule is N#C/C(=C\c1cccc(OC(=O)c2ccc(Cl)cc2)c1)C(=O)Nc1ccc(Cl)c([N+](=O)[O-])c1. The Morgan fingerprint density at radius 2 is 1.79 bits per heavy atom. The lowest BCUT2D eigenvalue weighted by Gasteiger charge is -2.07. The molecule has 1 N–H and O–H groups in total. The van der Waals surface area contributed by atoms with Crippen molar-refractivity contribution in [2.75, 3.05) is 5.32 Å². The molecule has 0 aliphatic carbocycles. The molecule has 0 fully saturated rings. The van der Waals surface area contributed by atoms with Gasteiger partial charge in [0.15, 0.2) is 0 Å². The van der Waals surface area contributed by atoms with Crippen molar-refractivity contribution < 1.29 is 19.2 Å². The summed E-state index contributed by atoms with van der Waals surface area (Å²) in [4.78, 5) is 35.1. The Bertz CT molecular complexity index is 1310. The molecule has 0 atom stereocenters. The molecule has 0 aliphatic rings. The molecule has 3 aromatic carbocycles. The molecule has 8 nitrogen and oxygen atoms in total. The number of anilines is 1. The van der Waals surface area contributed by atoms with E-state index in [1.807, 2.05) is 0 Å². The van der Waals surface area contributed by atoms with Gasteiger partial charge in [-0.15, -0.1) is 0 Å². The number of carbonyl (C=O) groups is 2. The van der Waals surface area contributed by atoms with Crippen molar-refractivity contribution in [2.45, 2.75) is 0 Å². The highest BCUT2D eigenvalue weighted by atomic mass is 35.5. The van der Waals surface area contributed by atoms with Gasteiger partial charge in [-0.2, -0.15) is 5.26 Å². The van der Waals surface area contributed by atoms with Gasteiger partial charge in [0.05, 0.1) is 10.5 Å². The first-order chi connectivity index (χ1) is 15.8. The lowest BCUT2D eigenvalue weighted by atomic mass is 10.1. The van der Waals surface area contributed by atoms with E-state index in [1.54, 1.807) is 36.4 Å². The first-order valence-corrected chi connectivity index (χ1v) is 9.97. The minimum atomic E-state index is -0.780. The van der Waals surface area contributed by atoms with Crippen LogP contribution in [-0.4, -0.2) is 16.8 Å². The Balaban J connectivity index is 1.77. The Morgan fingerprint density at radius 3 is 2.45 bits per heavy atom. The number of hydrogen-bond acceptors (Lipinski definition) is 6. The van der Waals surface area contributed by atoms with Crippen molar-refractivity contribution in [1.29, 1.82) is 5.26 Å². The van der Waals surface area contributed by atoms with Crippen molar-refractivity contribution in [3.63, 3.8) is 0 Å². The summed E-state index contributed by atoms with van der Waals surface area (Å²) >= 11 is 11.6. The second kappa shape index (κ2) is 10.4. The zero-order valence-corrected chi connectivity index (χ0v) is 18.1. The van der Waals surface area contributed by atoms with Gasteiger partial charge in [0.1, 0.15) is 22.4 Å². The molecular weight excluding hydrogens is 469 g/mol. The maximum Gasteiger partial charge on any atom is 0.343 e. The van der Waals surface area contributed by atoms with E-state index in [2.05, 4.69) is 5.32 Å². The van der Waals surface area contributed by atoms with Gasteiger partial charge in [0.2, 0.25) is 0 Å². The van der Waals surface area contributed by atoms with Gasteiger partial charge < -0.3 is 10.1 Å². The van der Waals surface area contributed by atoms with Crippen LogP contribution in [0.2, 0.25) is 10.0 Å². The lowest BCUT2D eigenvalue weighted by Crippen LogP contribution is -2.13. The Labute approximate surface area is 197 Å². The number of benzene rings is 3. The molecule has 0 aromatic heterocycles. The monoisotopic (exact) mass is 481 g/mol. The van der Waals surface area contributed by atoms with E-state index in [0.717, 1.165) is 6.07 Å². The van der Waals surface area contributed by atoms with Crippen LogP contribution < -0.4 is 10.1 Å². The molecule has 164 valence electrons. The number of nitrogens with zero attached hydrogens (tertiary/aromatic N) is 2. The van der Waals surface area contributed by atoms with E-state index >= 15 is 0 Å². The van der Waals surface area contributed by atoms with Crippen LogP contribution in [0.25, 0.3) is 6.08 Å². The van der Waals surface area contributed by atoms with Crippen molar-refractivity contribution in [3.05, 3.63) is 104 Å². The second-order valence-corrected chi connectivity index (χ2v) is 7.36. The van der Waals surface area contributed by atoms with Gasteiger partial charge in [-0.1, -0.05) is 35.3 Å². The van der Waals surface area contributed by atoms with E-state index in [1.165, 1.54) is 36.4 Å². The van der Waals surface area contributed by atoms with Crippen LogP contribution in [-0.2, 0) is 4.79 Å².